The number of nitrogens with one attached hydrogen (secondary N) is 1. The van der Waals surface area contributed by atoms with Crippen molar-refractivity contribution in [2.75, 3.05) is 6.54 Å². The van der Waals surface area contributed by atoms with Gasteiger partial charge in [-0.2, -0.15) is 0 Å². The second kappa shape index (κ2) is 5.72. The lowest BCUT2D eigenvalue weighted by atomic mass is 9.47. The molecule has 0 aromatic heterocycles. The summed E-state index contributed by atoms with van der Waals surface area (Å²) in [4.78, 5) is 0. The normalized spacial score (nSPS) is 31.3. The molecule has 4 aliphatic carbocycles. The number of hydrogen-bond acceptors (Lipinski definition) is 1. The summed E-state index contributed by atoms with van der Waals surface area (Å²) in [6.45, 7) is 1.30. The van der Waals surface area contributed by atoms with Crippen LogP contribution in [0.5, 0.6) is 0 Å². The van der Waals surface area contributed by atoms with Crippen LogP contribution in [0.25, 0.3) is 0 Å². The molecule has 3 fully saturated rings. The highest BCUT2D eigenvalue weighted by molar-refractivity contribution is 5.25. The summed E-state index contributed by atoms with van der Waals surface area (Å²) >= 11 is 0. The lowest BCUT2D eigenvalue weighted by Gasteiger charge is -2.59. The minimum atomic E-state index is 0.577. The minimum absolute atomic E-state index is 0.577. The van der Waals surface area contributed by atoms with E-state index in [4.69, 9.17) is 0 Å². The average molecular weight is 287 g/mol. The van der Waals surface area contributed by atoms with E-state index in [1.807, 2.05) is 5.57 Å². The van der Waals surface area contributed by atoms with E-state index in [1.165, 1.54) is 96.4 Å². The molecule has 1 spiro atoms. The molecule has 1 N–H and O–H groups in total. The molecule has 0 bridgehead atoms. The van der Waals surface area contributed by atoms with Crippen LogP contribution in [-0.2, 0) is 0 Å². The van der Waals surface area contributed by atoms with Gasteiger partial charge in [0.05, 0.1) is 0 Å². The third-order valence-electron chi connectivity index (χ3n) is 6.87. The molecule has 4 rings (SSSR count). The molecule has 1 nitrogen and oxygen atoms in total. The topological polar surface area (TPSA) is 12.0 Å². The Kier molecular flexibility index (Phi) is 3.90. The molecule has 0 aliphatic heterocycles. The van der Waals surface area contributed by atoms with Gasteiger partial charge in [0.2, 0.25) is 0 Å². The standard InChI is InChI=1S/C20H33N/c1-2-7-13-19(12-6-1)14-20(15-19,16-21-18-10-11-18)17-8-4-3-5-9-17/h8,18,21H,1-7,9-16H2. The van der Waals surface area contributed by atoms with Crippen LogP contribution >= 0.6 is 0 Å². The number of rotatable bonds is 4. The zero-order valence-corrected chi connectivity index (χ0v) is 13.8. The predicted molar refractivity (Wildman–Crippen MR) is 89.4 cm³/mol. The van der Waals surface area contributed by atoms with Crippen molar-refractivity contribution >= 4 is 0 Å². The van der Waals surface area contributed by atoms with Gasteiger partial charge >= 0.3 is 0 Å². The monoisotopic (exact) mass is 287 g/mol. The Morgan fingerprint density at radius 3 is 2.33 bits per heavy atom. The Bertz CT molecular complexity index is 388. The van der Waals surface area contributed by atoms with Crippen LogP contribution in [0.3, 0.4) is 0 Å². The highest BCUT2D eigenvalue weighted by Gasteiger charge is 2.55. The van der Waals surface area contributed by atoms with Gasteiger partial charge in [0.25, 0.3) is 0 Å². The first-order valence-electron chi connectivity index (χ1n) is 9.73. The van der Waals surface area contributed by atoms with Crippen molar-refractivity contribution in [2.45, 2.75) is 95.9 Å². The second-order valence-electron chi connectivity index (χ2n) is 8.68. The molecule has 0 heterocycles. The molecule has 0 unspecified atom stereocenters. The highest BCUT2D eigenvalue weighted by Crippen LogP contribution is 2.64. The molecule has 0 aromatic rings. The van der Waals surface area contributed by atoms with Gasteiger partial charge in [-0.15, -0.1) is 0 Å². The fourth-order valence-electron chi connectivity index (χ4n) is 5.63. The van der Waals surface area contributed by atoms with Crippen molar-refractivity contribution in [2.24, 2.45) is 10.8 Å². The lowest BCUT2D eigenvalue weighted by molar-refractivity contribution is -0.0280. The molecule has 0 saturated heterocycles. The Labute approximate surface area is 131 Å². The van der Waals surface area contributed by atoms with Gasteiger partial charge in [-0.1, -0.05) is 37.3 Å². The maximum Gasteiger partial charge on any atom is 0.00685 e. The highest BCUT2D eigenvalue weighted by atomic mass is 15.0. The summed E-state index contributed by atoms with van der Waals surface area (Å²) in [6.07, 6.45) is 23.3. The number of allylic oxidation sites excluding steroid dienone is 1. The Hall–Kier alpha value is -0.300. The summed E-state index contributed by atoms with van der Waals surface area (Å²) in [5.74, 6) is 0. The third kappa shape index (κ3) is 2.96. The van der Waals surface area contributed by atoms with E-state index >= 15 is 0 Å². The fraction of sp³-hybridized carbons (Fsp3) is 0.900. The van der Waals surface area contributed by atoms with Gasteiger partial charge in [0.1, 0.15) is 0 Å². The molecule has 4 aliphatic rings. The van der Waals surface area contributed by atoms with Crippen LogP contribution in [0, 0.1) is 10.8 Å². The van der Waals surface area contributed by atoms with Crippen LogP contribution in [0.15, 0.2) is 11.6 Å². The maximum absolute atomic E-state index is 3.89. The maximum atomic E-state index is 3.89. The van der Waals surface area contributed by atoms with Crippen molar-refractivity contribution < 1.29 is 0 Å². The van der Waals surface area contributed by atoms with Crippen molar-refractivity contribution in [1.29, 1.82) is 0 Å². The van der Waals surface area contributed by atoms with Crippen molar-refractivity contribution in [3.05, 3.63) is 11.6 Å². The molecule has 3 saturated carbocycles. The van der Waals surface area contributed by atoms with Crippen LogP contribution < -0.4 is 5.32 Å². The van der Waals surface area contributed by atoms with E-state index in [0.29, 0.717) is 5.41 Å². The largest absolute Gasteiger partial charge is 0.313 e. The summed E-state index contributed by atoms with van der Waals surface area (Å²) in [7, 11) is 0. The summed E-state index contributed by atoms with van der Waals surface area (Å²) < 4.78 is 0. The summed E-state index contributed by atoms with van der Waals surface area (Å²) in [5.41, 5.74) is 3.18. The molecule has 21 heavy (non-hydrogen) atoms. The van der Waals surface area contributed by atoms with E-state index in [2.05, 4.69) is 11.4 Å². The minimum Gasteiger partial charge on any atom is -0.313 e. The van der Waals surface area contributed by atoms with Crippen LogP contribution in [0.4, 0.5) is 0 Å². The zero-order valence-electron chi connectivity index (χ0n) is 13.8. The Balaban J connectivity index is 1.47. The van der Waals surface area contributed by atoms with Crippen LogP contribution in [-0.4, -0.2) is 12.6 Å². The first-order valence-corrected chi connectivity index (χ1v) is 9.73. The summed E-state index contributed by atoms with van der Waals surface area (Å²) in [5, 5.41) is 3.89. The molecule has 118 valence electrons. The molecule has 0 aromatic carbocycles. The zero-order chi connectivity index (χ0) is 14.2. The lowest BCUT2D eigenvalue weighted by Crippen LogP contribution is -2.53. The van der Waals surface area contributed by atoms with Gasteiger partial charge in [0.15, 0.2) is 0 Å². The Morgan fingerprint density at radius 1 is 0.952 bits per heavy atom. The predicted octanol–water partition coefficient (Wildman–Crippen LogP) is 5.36. The average Bonchev–Trinajstić information content (AvgIpc) is 3.31. The SMILES string of the molecule is C1=C(C2(CNC3CC3)CC3(CCCCCC3)C2)CCCC1. The van der Waals surface area contributed by atoms with E-state index < -0.39 is 0 Å². The summed E-state index contributed by atoms with van der Waals surface area (Å²) in [6, 6.07) is 0.872. The first-order chi connectivity index (χ1) is 10.3. The first kappa shape index (κ1) is 14.3. The van der Waals surface area contributed by atoms with Gasteiger partial charge in [0, 0.05) is 18.0 Å². The Morgan fingerprint density at radius 2 is 1.71 bits per heavy atom. The van der Waals surface area contributed by atoms with Gasteiger partial charge in [-0.05, 0) is 69.6 Å². The molecular weight excluding hydrogens is 254 g/mol. The molecule has 0 atom stereocenters. The van der Waals surface area contributed by atoms with Gasteiger partial charge in [-0.3, -0.25) is 0 Å². The molecule has 0 radical (unpaired) electrons. The fourth-order valence-corrected chi connectivity index (χ4v) is 5.63. The number of hydrogen-bond donors (Lipinski definition) is 1. The second-order valence-corrected chi connectivity index (χ2v) is 8.68. The quantitative estimate of drug-likeness (QED) is 0.686. The van der Waals surface area contributed by atoms with E-state index in [-0.39, 0.29) is 0 Å². The van der Waals surface area contributed by atoms with Gasteiger partial charge in [-0.25, -0.2) is 0 Å². The van der Waals surface area contributed by atoms with E-state index in [0.717, 1.165) is 11.5 Å². The molecule has 1 heteroatoms. The molecule has 0 amide bonds. The smallest absolute Gasteiger partial charge is 0.00685 e. The van der Waals surface area contributed by atoms with Crippen molar-refractivity contribution in [1.82, 2.24) is 5.32 Å². The van der Waals surface area contributed by atoms with Crippen molar-refractivity contribution in [3.63, 3.8) is 0 Å². The van der Waals surface area contributed by atoms with Crippen molar-refractivity contribution in [3.8, 4) is 0 Å². The molecular formula is C20H33N. The van der Waals surface area contributed by atoms with E-state index in [9.17, 15) is 0 Å². The van der Waals surface area contributed by atoms with Gasteiger partial charge < -0.3 is 5.32 Å². The third-order valence-corrected chi connectivity index (χ3v) is 6.87. The van der Waals surface area contributed by atoms with Crippen LogP contribution in [0.1, 0.15) is 89.9 Å². The van der Waals surface area contributed by atoms with Crippen LogP contribution in [0.2, 0.25) is 0 Å². The van der Waals surface area contributed by atoms with E-state index in [1.54, 1.807) is 0 Å².